The maximum absolute atomic E-state index is 12.2. The first-order valence-electron chi connectivity index (χ1n) is 5.07. The highest BCUT2D eigenvalue weighted by molar-refractivity contribution is 5.13. The lowest BCUT2D eigenvalue weighted by Crippen LogP contribution is -2.41. The second-order valence-electron chi connectivity index (χ2n) is 4.05. The number of alkyl halides is 3. The van der Waals surface area contributed by atoms with Gasteiger partial charge in [0.1, 0.15) is 6.61 Å². The molecule has 17 heavy (non-hydrogen) atoms. The minimum Gasteiger partial charge on any atom is -0.475 e. The van der Waals surface area contributed by atoms with Crippen LogP contribution in [0.25, 0.3) is 0 Å². The van der Waals surface area contributed by atoms with E-state index in [1.807, 2.05) is 6.92 Å². The summed E-state index contributed by atoms with van der Waals surface area (Å²) in [4.78, 5) is 0. The van der Waals surface area contributed by atoms with E-state index in [1.54, 1.807) is 6.92 Å². The van der Waals surface area contributed by atoms with Crippen LogP contribution in [0.5, 0.6) is 5.88 Å². The van der Waals surface area contributed by atoms with Gasteiger partial charge in [0.15, 0.2) is 5.69 Å². The van der Waals surface area contributed by atoms with Crippen molar-refractivity contribution in [1.29, 1.82) is 0 Å². The van der Waals surface area contributed by atoms with Crippen LogP contribution in [0.2, 0.25) is 0 Å². The van der Waals surface area contributed by atoms with E-state index in [-0.39, 0.29) is 12.5 Å². The predicted octanol–water partition coefficient (Wildman–Crippen LogP) is 2.00. The van der Waals surface area contributed by atoms with Crippen molar-refractivity contribution in [3.8, 4) is 5.88 Å². The second kappa shape index (κ2) is 4.87. The van der Waals surface area contributed by atoms with Crippen LogP contribution in [0.15, 0.2) is 12.1 Å². The van der Waals surface area contributed by atoms with E-state index in [9.17, 15) is 13.2 Å². The summed E-state index contributed by atoms with van der Waals surface area (Å²) in [6.07, 6.45) is -3.81. The van der Waals surface area contributed by atoms with E-state index < -0.39 is 17.4 Å². The van der Waals surface area contributed by atoms with Gasteiger partial charge in [-0.3, -0.25) is 0 Å². The van der Waals surface area contributed by atoms with Gasteiger partial charge in [0, 0.05) is 11.6 Å². The highest BCUT2D eigenvalue weighted by atomic mass is 19.4. The number of hydrogen-bond donors (Lipinski definition) is 1. The lowest BCUT2D eigenvalue weighted by atomic mass is 10.0. The van der Waals surface area contributed by atoms with E-state index in [0.29, 0.717) is 6.42 Å². The first-order chi connectivity index (χ1) is 7.74. The molecule has 0 aliphatic carbocycles. The zero-order chi connectivity index (χ0) is 13.1. The lowest BCUT2D eigenvalue weighted by molar-refractivity contribution is -0.141. The summed E-state index contributed by atoms with van der Waals surface area (Å²) in [6.45, 7) is 3.84. The molecule has 1 unspecified atom stereocenters. The van der Waals surface area contributed by atoms with Gasteiger partial charge in [-0.05, 0) is 19.4 Å². The van der Waals surface area contributed by atoms with Crippen molar-refractivity contribution in [3.63, 3.8) is 0 Å². The molecule has 0 radical (unpaired) electrons. The van der Waals surface area contributed by atoms with Gasteiger partial charge in [-0.15, -0.1) is 10.2 Å². The quantitative estimate of drug-likeness (QED) is 0.886. The van der Waals surface area contributed by atoms with Crippen molar-refractivity contribution >= 4 is 0 Å². The summed E-state index contributed by atoms with van der Waals surface area (Å²) in [7, 11) is 0. The normalized spacial score (nSPS) is 15.4. The average Bonchev–Trinajstić information content (AvgIpc) is 2.26. The molecule has 0 aromatic carbocycles. The van der Waals surface area contributed by atoms with Crippen LogP contribution in [0.4, 0.5) is 13.2 Å². The van der Waals surface area contributed by atoms with Crippen molar-refractivity contribution in [2.24, 2.45) is 5.73 Å². The molecule has 2 N–H and O–H groups in total. The number of hydrogen-bond acceptors (Lipinski definition) is 4. The number of halogens is 3. The van der Waals surface area contributed by atoms with Crippen LogP contribution in [-0.4, -0.2) is 22.3 Å². The smallest absolute Gasteiger partial charge is 0.435 e. The van der Waals surface area contributed by atoms with E-state index >= 15 is 0 Å². The maximum atomic E-state index is 12.2. The summed E-state index contributed by atoms with van der Waals surface area (Å²) < 4.78 is 41.7. The van der Waals surface area contributed by atoms with Gasteiger partial charge in [-0.1, -0.05) is 6.92 Å². The molecule has 0 aliphatic heterocycles. The SMILES string of the molecule is CCC(C)(N)COc1ccc(C(F)(F)F)nn1. The Morgan fingerprint density at radius 2 is 1.94 bits per heavy atom. The third-order valence-corrected chi connectivity index (χ3v) is 2.29. The average molecular weight is 249 g/mol. The predicted molar refractivity (Wildman–Crippen MR) is 55.4 cm³/mol. The number of rotatable bonds is 4. The van der Waals surface area contributed by atoms with Crippen LogP contribution < -0.4 is 10.5 Å². The molecule has 1 aromatic heterocycles. The molecule has 1 rings (SSSR count). The van der Waals surface area contributed by atoms with Gasteiger partial charge in [-0.25, -0.2) is 0 Å². The van der Waals surface area contributed by atoms with E-state index in [1.165, 1.54) is 0 Å². The van der Waals surface area contributed by atoms with E-state index in [2.05, 4.69) is 10.2 Å². The minimum atomic E-state index is -4.49. The zero-order valence-electron chi connectivity index (χ0n) is 9.58. The monoisotopic (exact) mass is 249 g/mol. The van der Waals surface area contributed by atoms with Gasteiger partial charge < -0.3 is 10.5 Å². The summed E-state index contributed by atoms with van der Waals surface area (Å²) in [6, 6.07) is 1.95. The van der Waals surface area contributed by atoms with E-state index in [4.69, 9.17) is 10.5 Å². The third-order valence-electron chi connectivity index (χ3n) is 2.29. The summed E-state index contributed by atoms with van der Waals surface area (Å²) >= 11 is 0. The molecule has 0 aliphatic rings. The largest absolute Gasteiger partial charge is 0.475 e. The van der Waals surface area contributed by atoms with Crippen LogP contribution in [0.1, 0.15) is 26.0 Å². The Balaban J connectivity index is 2.64. The van der Waals surface area contributed by atoms with Gasteiger partial charge >= 0.3 is 6.18 Å². The Hall–Kier alpha value is -1.37. The summed E-state index contributed by atoms with van der Waals surface area (Å²) in [5.74, 6) is 0.0307. The molecule has 1 aromatic rings. The molecule has 4 nitrogen and oxygen atoms in total. The number of nitrogens with zero attached hydrogens (tertiary/aromatic N) is 2. The summed E-state index contributed by atoms with van der Waals surface area (Å²) in [5, 5.41) is 6.37. The molecule has 96 valence electrons. The van der Waals surface area contributed by atoms with Gasteiger partial charge in [-0.2, -0.15) is 13.2 Å². The topological polar surface area (TPSA) is 61.0 Å². The van der Waals surface area contributed by atoms with Crippen LogP contribution in [-0.2, 0) is 6.18 Å². The minimum absolute atomic E-state index is 0.0307. The Kier molecular flexibility index (Phi) is 3.92. The third kappa shape index (κ3) is 4.18. The first kappa shape index (κ1) is 13.7. The van der Waals surface area contributed by atoms with Crippen LogP contribution in [0.3, 0.4) is 0 Å². The van der Waals surface area contributed by atoms with Crippen molar-refractivity contribution < 1.29 is 17.9 Å². The fourth-order valence-corrected chi connectivity index (χ4v) is 0.889. The molecule has 1 heterocycles. The molecular weight excluding hydrogens is 235 g/mol. The van der Waals surface area contributed by atoms with Crippen LogP contribution in [0, 0.1) is 0 Å². The Morgan fingerprint density at radius 3 is 2.35 bits per heavy atom. The standard InChI is InChI=1S/C10H14F3N3O/c1-3-9(2,14)6-17-8-5-4-7(15-16-8)10(11,12)13/h4-5H,3,6,14H2,1-2H3. The van der Waals surface area contributed by atoms with Crippen molar-refractivity contribution in [2.75, 3.05) is 6.61 Å². The zero-order valence-corrected chi connectivity index (χ0v) is 9.58. The lowest BCUT2D eigenvalue weighted by Gasteiger charge is -2.22. The van der Waals surface area contributed by atoms with E-state index in [0.717, 1.165) is 12.1 Å². The highest BCUT2D eigenvalue weighted by Gasteiger charge is 2.33. The molecule has 0 spiro atoms. The van der Waals surface area contributed by atoms with Gasteiger partial charge in [0.25, 0.3) is 0 Å². The Labute approximate surface area is 97.0 Å². The number of aromatic nitrogens is 2. The molecule has 7 heteroatoms. The Morgan fingerprint density at radius 1 is 1.29 bits per heavy atom. The highest BCUT2D eigenvalue weighted by Crippen LogP contribution is 2.27. The molecule has 0 saturated carbocycles. The number of nitrogens with two attached hydrogens (primary N) is 1. The summed E-state index contributed by atoms with van der Waals surface area (Å²) in [5.41, 5.74) is 4.23. The molecular formula is C10H14F3N3O. The molecule has 1 atom stereocenters. The van der Waals surface area contributed by atoms with Crippen molar-refractivity contribution in [1.82, 2.24) is 10.2 Å². The fourth-order valence-electron chi connectivity index (χ4n) is 0.889. The Bertz CT molecular complexity index is 362. The molecule has 0 amide bonds. The van der Waals surface area contributed by atoms with Gasteiger partial charge in [0.05, 0.1) is 0 Å². The maximum Gasteiger partial charge on any atom is 0.435 e. The first-order valence-corrected chi connectivity index (χ1v) is 5.07. The molecule has 0 fully saturated rings. The molecule has 0 saturated heterocycles. The fraction of sp³-hybridized carbons (Fsp3) is 0.600. The second-order valence-corrected chi connectivity index (χ2v) is 4.05. The van der Waals surface area contributed by atoms with Crippen molar-refractivity contribution in [3.05, 3.63) is 17.8 Å². The molecule has 0 bridgehead atoms. The number of ether oxygens (including phenoxy) is 1. The van der Waals surface area contributed by atoms with Crippen molar-refractivity contribution in [2.45, 2.75) is 32.0 Å². The van der Waals surface area contributed by atoms with Crippen LogP contribution >= 0.6 is 0 Å². The van der Waals surface area contributed by atoms with Gasteiger partial charge in [0.2, 0.25) is 5.88 Å².